The number of nitrogens with zero attached hydrogens (tertiary/aromatic N) is 1. The predicted octanol–water partition coefficient (Wildman–Crippen LogP) is 4.20. The van der Waals surface area contributed by atoms with Crippen LogP contribution in [0.1, 0.15) is 30.9 Å². The zero-order chi connectivity index (χ0) is 20.6. The van der Waals surface area contributed by atoms with E-state index >= 15 is 0 Å². The second kappa shape index (κ2) is 9.92. The lowest BCUT2D eigenvalue weighted by atomic mass is 10.1. The Morgan fingerprint density at radius 3 is 2.29 bits per heavy atom. The number of carbonyl (C=O) groups excluding carboxylic acids is 2. The monoisotopic (exact) mass is 392 g/mol. The summed E-state index contributed by atoms with van der Waals surface area (Å²) < 4.78 is 39.6. The summed E-state index contributed by atoms with van der Waals surface area (Å²) >= 11 is 0. The van der Waals surface area contributed by atoms with Crippen LogP contribution in [0.4, 0.5) is 18.9 Å². The molecule has 0 saturated heterocycles. The second-order valence-electron chi connectivity index (χ2n) is 6.37. The molecular weight excluding hydrogens is 369 g/mol. The number of nitrogens with one attached hydrogen (secondary N) is 1. The summed E-state index contributed by atoms with van der Waals surface area (Å²) in [6, 6.07) is 14.7. The van der Waals surface area contributed by atoms with E-state index in [1.165, 1.54) is 30.7 Å². The lowest BCUT2D eigenvalue weighted by Gasteiger charge is -2.24. The van der Waals surface area contributed by atoms with Crippen molar-refractivity contribution in [1.29, 1.82) is 0 Å². The van der Waals surface area contributed by atoms with Gasteiger partial charge in [-0.3, -0.25) is 9.59 Å². The fourth-order valence-corrected chi connectivity index (χ4v) is 2.86. The molecule has 0 aliphatic carbocycles. The predicted molar refractivity (Wildman–Crippen MR) is 102 cm³/mol. The summed E-state index contributed by atoms with van der Waals surface area (Å²) in [5.74, 6) is -0.850. The number of carbonyl (C=O) groups is 2. The van der Waals surface area contributed by atoms with Crippen LogP contribution in [-0.4, -0.2) is 24.9 Å². The fraction of sp³-hybridized carbons (Fsp3) is 0.333. The minimum Gasteiger partial charge on any atom is -0.356 e. The molecule has 0 unspecified atom stereocenters. The molecule has 0 spiro atoms. The van der Waals surface area contributed by atoms with E-state index in [-0.39, 0.29) is 24.6 Å². The standard InChI is InChI=1S/C21H23F3N2O2/c1-16(27)26(19-12-6-5-11-18(19)21(22,23)24)15-13-20(28)25-14-7-10-17-8-3-2-4-9-17/h2-6,8-9,11-12H,7,10,13-15H2,1H3,(H,25,28). The maximum Gasteiger partial charge on any atom is 0.418 e. The number of halogens is 3. The molecule has 0 heterocycles. The maximum atomic E-state index is 13.2. The number of hydrogen-bond acceptors (Lipinski definition) is 2. The number of para-hydroxylation sites is 1. The van der Waals surface area contributed by atoms with Gasteiger partial charge < -0.3 is 10.2 Å². The Kier molecular flexibility index (Phi) is 7.61. The largest absolute Gasteiger partial charge is 0.418 e. The molecule has 2 rings (SSSR count). The molecule has 28 heavy (non-hydrogen) atoms. The highest BCUT2D eigenvalue weighted by Gasteiger charge is 2.35. The van der Waals surface area contributed by atoms with E-state index in [0.717, 1.165) is 23.8 Å². The molecule has 0 atom stereocenters. The molecular formula is C21H23F3N2O2. The number of rotatable bonds is 8. The molecule has 0 saturated carbocycles. The van der Waals surface area contributed by atoms with Crippen LogP contribution in [0.15, 0.2) is 54.6 Å². The number of amides is 2. The third-order valence-corrected chi connectivity index (χ3v) is 4.25. The van der Waals surface area contributed by atoms with Crippen molar-refractivity contribution in [2.75, 3.05) is 18.0 Å². The van der Waals surface area contributed by atoms with E-state index in [9.17, 15) is 22.8 Å². The quantitative estimate of drug-likeness (QED) is 0.685. The molecule has 0 aliphatic heterocycles. The highest BCUT2D eigenvalue weighted by molar-refractivity contribution is 5.93. The summed E-state index contributed by atoms with van der Waals surface area (Å²) in [7, 11) is 0. The SMILES string of the molecule is CC(=O)N(CCC(=O)NCCCc1ccccc1)c1ccccc1C(F)(F)F. The summed E-state index contributed by atoms with van der Waals surface area (Å²) in [4.78, 5) is 24.9. The Morgan fingerprint density at radius 1 is 1.00 bits per heavy atom. The van der Waals surface area contributed by atoms with Gasteiger partial charge in [-0.05, 0) is 30.5 Å². The first kappa shape index (κ1) is 21.5. The minimum atomic E-state index is -4.58. The molecule has 0 aliphatic rings. The number of alkyl halides is 3. The van der Waals surface area contributed by atoms with Gasteiger partial charge in [0.1, 0.15) is 0 Å². The van der Waals surface area contributed by atoms with E-state index in [2.05, 4.69) is 5.32 Å². The van der Waals surface area contributed by atoms with Gasteiger partial charge in [0.15, 0.2) is 0 Å². The lowest BCUT2D eigenvalue weighted by molar-refractivity contribution is -0.137. The van der Waals surface area contributed by atoms with Gasteiger partial charge in [0, 0.05) is 26.4 Å². The van der Waals surface area contributed by atoms with Gasteiger partial charge in [0.2, 0.25) is 11.8 Å². The number of hydrogen-bond donors (Lipinski definition) is 1. The van der Waals surface area contributed by atoms with E-state index in [4.69, 9.17) is 0 Å². The van der Waals surface area contributed by atoms with Gasteiger partial charge in [0.05, 0.1) is 11.3 Å². The lowest BCUT2D eigenvalue weighted by Crippen LogP contribution is -2.35. The topological polar surface area (TPSA) is 49.4 Å². The van der Waals surface area contributed by atoms with Crippen molar-refractivity contribution >= 4 is 17.5 Å². The highest BCUT2D eigenvalue weighted by Crippen LogP contribution is 2.36. The molecule has 0 bridgehead atoms. The van der Waals surface area contributed by atoms with Crippen molar-refractivity contribution in [2.24, 2.45) is 0 Å². The smallest absolute Gasteiger partial charge is 0.356 e. The van der Waals surface area contributed by atoms with Gasteiger partial charge in [0.25, 0.3) is 0 Å². The molecule has 1 N–H and O–H groups in total. The van der Waals surface area contributed by atoms with E-state index < -0.39 is 17.6 Å². The Hall–Kier alpha value is -2.83. The molecule has 7 heteroatoms. The van der Waals surface area contributed by atoms with Crippen molar-refractivity contribution in [3.63, 3.8) is 0 Å². The first-order chi connectivity index (χ1) is 13.3. The molecule has 2 aromatic carbocycles. The minimum absolute atomic E-state index is 0.0723. The third kappa shape index (κ3) is 6.40. The van der Waals surface area contributed by atoms with Gasteiger partial charge in [-0.2, -0.15) is 13.2 Å². The number of aryl methyl sites for hydroxylation is 1. The van der Waals surface area contributed by atoms with Crippen LogP contribution in [0.2, 0.25) is 0 Å². The van der Waals surface area contributed by atoms with Crippen LogP contribution < -0.4 is 10.2 Å². The van der Waals surface area contributed by atoms with Crippen molar-refractivity contribution in [3.05, 3.63) is 65.7 Å². The van der Waals surface area contributed by atoms with Crippen molar-refractivity contribution in [2.45, 2.75) is 32.4 Å². The molecule has 4 nitrogen and oxygen atoms in total. The molecule has 0 aromatic heterocycles. The number of benzene rings is 2. The van der Waals surface area contributed by atoms with E-state index in [1.807, 2.05) is 30.3 Å². The van der Waals surface area contributed by atoms with Crippen LogP contribution in [0.3, 0.4) is 0 Å². The average molecular weight is 392 g/mol. The van der Waals surface area contributed by atoms with Gasteiger partial charge in [-0.1, -0.05) is 42.5 Å². The normalized spacial score (nSPS) is 11.1. The fourth-order valence-electron chi connectivity index (χ4n) is 2.86. The Morgan fingerprint density at radius 2 is 1.64 bits per heavy atom. The second-order valence-corrected chi connectivity index (χ2v) is 6.37. The van der Waals surface area contributed by atoms with Crippen LogP contribution in [0.25, 0.3) is 0 Å². The molecule has 2 amide bonds. The summed E-state index contributed by atoms with van der Waals surface area (Å²) in [5, 5.41) is 2.74. The molecule has 0 radical (unpaired) electrons. The molecule has 150 valence electrons. The summed E-state index contributed by atoms with van der Waals surface area (Å²) in [6.45, 7) is 1.53. The van der Waals surface area contributed by atoms with Gasteiger partial charge >= 0.3 is 6.18 Å². The Bertz CT molecular complexity index is 792. The Labute approximate surface area is 162 Å². The molecule has 2 aromatic rings. The van der Waals surface area contributed by atoms with E-state index in [1.54, 1.807) is 0 Å². The van der Waals surface area contributed by atoms with Crippen LogP contribution in [0, 0.1) is 0 Å². The molecule has 0 fully saturated rings. The number of anilines is 1. The van der Waals surface area contributed by atoms with Gasteiger partial charge in [-0.15, -0.1) is 0 Å². The highest BCUT2D eigenvalue weighted by atomic mass is 19.4. The maximum absolute atomic E-state index is 13.2. The van der Waals surface area contributed by atoms with Crippen molar-refractivity contribution in [3.8, 4) is 0 Å². The van der Waals surface area contributed by atoms with Crippen LogP contribution in [-0.2, 0) is 22.2 Å². The first-order valence-corrected chi connectivity index (χ1v) is 9.04. The van der Waals surface area contributed by atoms with Crippen molar-refractivity contribution < 1.29 is 22.8 Å². The Balaban J connectivity index is 1.88. The van der Waals surface area contributed by atoms with Crippen molar-refractivity contribution in [1.82, 2.24) is 5.32 Å². The summed E-state index contributed by atoms with van der Waals surface area (Å²) in [5.41, 5.74) is 0.0381. The van der Waals surface area contributed by atoms with Crippen LogP contribution >= 0.6 is 0 Å². The first-order valence-electron chi connectivity index (χ1n) is 9.04. The average Bonchev–Trinajstić information content (AvgIpc) is 2.65. The van der Waals surface area contributed by atoms with Gasteiger partial charge in [-0.25, -0.2) is 0 Å². The summed E-state index contributed by atoms with van der Waals surface area (Å²) in [6.07, 6.45) is -3.08. The van der Waals surface area contributed by atoms with Crippen LogP contribution in [0.5, 0.6) is 0 Å². The zero-order valence-electron chi connectivity index (χ0n) is 15.6. The van der Waals surface area contributed by atoms with E-state index in [0.29, 0.717) is 6.54 Å². The zero-order valence-corrected chi connectivity index (χ0v) is 15.6. The third-order valence-electron chi connectivity index (χ3n) is 4.25.